The Morgan fingerprint density at radius 3 is 2.66 bits per heavy atom. The third-order valence-corrected chi connectivity index (χ3v) is 4.93. The van der Waals surface area contributed by atoms with Crippen LogP contribution in [0.4, 0.5) is 5.69 Å². The van der Waals surface area contributed by atoms with Crippen molar-refractivity contribution < 1.29 is 9.59 Å². The highest BCUT2D eigenvalue weighted by molar-refractivity contribution is 5.94. The maximum absolute atomic E-state index is 12.8. The molecule has 4 rings (SSSR count). The molecule has 29 heavy (non-hydrogen) atoms. The fourth-order valence-corrected chi connectivity index (χ4v) is 3.49. The van der Waals surface area contributed by atoms with E-state index in [0.717, 1.165) is 18.5 Å². The second-order valence-corrected chi connectivity index (χ2v) is 7.04. The van der Waals surface area contributed by atoms with Crippen LogP contribution in [0, 0.1) is 0 Å². The largest absolute Gasteiger partial charge is 0.334 e. The lowest BCUT2D eigenvalue weighted by Crippen LogP contribution is -2.38. The highest BCUT2D eigenvalue weighted by Crippen LogP contribution is 2.26. The number of anilines is 1. The first-order valence-electron chi connectivity index (χ1n) is 9.57. The molecular formula is C21H22N6O2. The van der Waals surface area contributed by atoms with Crippen molar-refractivity contribution in [2.24, 2.45) is 0 Å². The Kier molecular flexibility index (Phi) is 5.33. The number of carbonyl (C=O) groups is 2. The van der Waals surface area contributed by atoms with Gasteiger partial charge in [0.25, 0.3) is 11.8 Å². The number of rotatable bonds is 5. The lowest BCUT2D eigenvalue weighted by molar-refractivity contribution is -0.119. The number of aryl methyl sites for hydroxylation is 1. The van der Waals surface area contributed by atoms with Crippen molar-refractivity contribution in [3.63, 3.8) is 0 Å². The predicted octanol–water partition coefficient (Wildman–Crippen LogP) is 1.92. The van der Waals surface area contributed by atoms with Gasteiger partial charge in [-0.2, -0.15) is 4.80 Å². The van der Waals surface area contributed by atoms with Gasteiger partial charge < -0.3 is 9.80 Å². The Morgan fingerprint density at radius 1 is 1.07 bits per heavy atom. The van der Waals surface area contributed by atoms with Gasteiger partial charge in [-0.05, 0) is 41.8 Å². The minimum Gasteiger partial charge on any atom is -0.334 e. The fraction of sp³-hybridized carbons (Fsp3) is 0.286. The Hall–Kier alpha value is -3.55. The zero-order chi connectivity index (χ0) is 20.2. The molecule has 0 N–H and O–H groups in total. The first-order valence-corrected chi connectivity index (χ1v) is 9.57. The van der Waals surface area contributed by atoms with Gasteiger partial charge in [0.2, 0.25) is 0 Å². The van der Waals surface area contributed by atoms with Crippen LogP contribution in [0.15, 0.2) is 54.6 Å². The molecule has 1 aromatic heterocycles. The van der Waals surface area contributed by atoms with Gasteiger partial charge in [0.05, 0.1) is 6.54 Å². The van der Waals surface area contributed by atoms with Crippen molar-refractivity contribution >= 4 is 17.5 Å². The number of nitrogens with zero attached hydrogens (tertiary/aromatic N) is 6. The SMILES string of the molecule is CN(Cc1nnn(CC(=O)N2CCCc3ccccc32)n1)C(=O)c1ccccc1. The molecule has 0 saturated carbocycles. The minimum atomic E-state index is -0.122. The number of hydrogen-bond acceptors (Lipinski definition) is 5. The van der Waals surface area contributed by atoms with Crippen molar-refractivity contribution in [3.8, 4) is 0 Å². The van der Waals surface area contributed by atoms with E-state index in [0.29, 0.717) is 17.9 Å². The number of fused-ring (bicyclic) bond motifs is 1. The van der Waals surface area contributed by atoms with Crippen LogP contribution in [0.5, 0.6) is 0 Å². The Bertz CT molecular complexity index is 1020. The van der Waals surface area contributed by atoms with Crippen LogP contribution < -0.4 is 4.90 Å². The average Bonchev–Trinajstić information content (AvgIpc) is 3.19. The summed E-state index contributed by atoms with van der Waals surface area (Å²) in [6, 6.07) is 17.0. The van der Waals surface area contributed by atoms with Gasteiger partial charge >= 0.3 is 0 Å². The first kappa shape index (κ1) is 18.8. The van der Waals surface area contributed by atoms with E-state index in [1.54, 1.807) is 24.1 Å². The third-order valence-electron chi connectivity index (χ3n) is 4.93. The second kappa shape index (κ2) is 8.22. The normalized spacial score (nSPS) is 13.1. The number of aromatic nitrogens is 4. The molecule has 8 nitrogen and oxygen atoms in total. The summed E-state index contributed by atoms with van der Waals surface area (Å²) in [5.74, 6) is 0.196. The van der Waals surface area contributed by atoms with E-state index >= 15 is 0 Å². The molecule has 0 aliphatic carbocycles. The molecule has 1 aliphatic rings. The smallest absolute Gasteiger partial charge is 0.254 e. The summed E-state index contributed by atoms with van der Waals surface area (Å²) >= 11 is 0. The molecule has 8 heteroatoms. The predicted molar refractivity (Wildman–Crippen MR) is 107 cm³/mol. The average molecular weight is 390 g/mol. The second-order valence-electron chi connectivity index (χ2n) is 7.04. The molecule has 2 heterocycles. The first-order chi connectivity index (χ1) is 14.1. The molecule has 0 saturated heterocycles. The van der Waals surface area contributed by atoms with E-state index in [1.165, 1.54) is 15.3 Å². The van der Waals surface area contributed by atoms with Gasteiger partial charge in [-0.15, -0.1) is 10.2 Å². The van der Waals surface area contributed by atoms with Crippen molar-refractivity contribution in [2.75, 3.05) is 18.5 Å². The van der Waals surface area contributed by atoms with Crippen molar-refractivity contribution in [1.82, 2.24) is 25.1 Å². The molecule has 0 bridgehead atoms. The molecule has 0 fully saturated rings. The Morgan fingerprint density at radius 2 is 1.83 bits per heavy atom. The molecule has 148 valence electrons. The van der Waals surface area contributed by atoms with Gasteiger partial charge in [-0.25, -0.2) is 0 Å². The molecule has 0 atom stereocenters. The summed E-state index contributed by atoms with van der Waals surface area (Å²) in [6.07, 6.45) is 1.92. The maximum Gasteiger partial charge on any atom is 0.254 e. The number of benzene rings is 2. The molecule has 0 radical (unpaired) electrons. The number of para-hydroxylation sites is 1. The molecule has 0 spiro atoms. The van der Waals surface area contributed by atoms with Crippen LogP contribution in [0.3, 0.4) is 0 Å². The Labute approximate surface area is 168 Å². The van der Waals surface area contributed by atoms with Gasteiger partial charge in [-0.1, -0.05) is 36.4 Å². The van der Waals surface area contributed by atoms with Gasteiger partial charge in [0, 0.05) is 24.8 Å². The number of amides is 2. The van der Waals surface area contributed by atoms with Crippen LogP contribution in [-0.2, 0) is 24.3 Å². The van der Waals surface area contributed by atoms with E-state index in [1.807, 2.05) is 36.4 Å². The molecule has 0 unspecified atom stereocenters. The van der Waals surface area contributed by atoms with Crippen LogP contribution in [0.2, 0.25) is 0 Å². The molecule has 3 aromatic rings. The van der Waals surface area contributed by atoms with E-state index in [2.05, 4.69) is 21.5 Å². The molecule has 2 amide bonds. The standard InChI is InChI=1S/C21H22N6O2/c1-25(21(29)17-9-3-2-4-10-17)14-19-22-24-27(23-19)15-20(28)26-13-7-11-16-8-5-6-12-18(16)26/h2-6,8-10,12H,7,11,13-15H2,1H3. The van der Waals surface area contributed by atoms with Crippen molar-refractivity contribution in [1.29, 1.82) is 0 Å². The Balaban J connectivity index is 1.40. The monoisotopic (exact) mass is 390 g/mol. The van der Waals surface area contributed by atoms with Gasteiger partial charge in [0.15, 0.2) is 5.82 Å². The number of carbonyl (C=O) groups excluding carboxylic acids is 2. The fourth-order valence-electron chi connectivity index (χ4n) is 3.49. The minimum absolute atomic E-state index is 0.0116. The zero-order valence-electron chi connectivity index (χ0n) is 16.2. The van der Waals surface area contributed by atoms with Crippen LogP contribution in [0.1, 0.15) is 28.2 Å². The number of hydrogen-bond donors (Lipinski definition) is 0. The summed E-state index contributed by atoms with van der Waals surface area (Å²) in [7, 11) is 1.69. The lowest BCUT2D eigenvalue weighted by Gasteiger charge is -2.29. The van der Waals surface area contributed by atoms with E-state index < -0.39 is 0 Å². The summed E-state index contributed by atoms with van der Waals surface area (Å²) < 4.78 is 0. The van der Waals surface area contributed by atoms with Crippen LogP contribution in [0.25, 0.3) is 0 Å². The van der Waals surface area contributed by atoms with E-state index in [4.69, 9.17) is 0 Å². The summed E-state index contributed by atoms with van der Waals surface area (Å²) in [6.45, 7) is 0.915. The third kappa shape index (κ3) is 4.16. The molecule has 2 aromatic carbocycles. The van der Waals surface area contributed by atoms with E-state index in [9.17, 15) is 9.59 Å². The quantitative estimate of drug-likeness (QED) is 0.665. The van der Waals surface area contributed by atoms with Gasteiger partial charge in [0.1, 0.15) is 6.54 Å². The highest BCUT2D eigenvalue weighted by atomic mass is 16.2. The van der Waals surface area contributed by atoms with Crippen molar-refractivity contribution in [2.45, 2.75) is 25.9 Å². The summed E-state index contributed by atoms with van der Waals surface area (Å²) in [5, 5.41) is 12.2. The van der Waals surface area contributed by atoms with Crippen LogP contribution in [-0.4, -0.2) is 50.5 Å². The van der Waals surface area contributed by atoms with Crippen LogP contribution >= 0.6 is 0 Å². The summed E-state index contributed by atoms with van der Waals surface area (Å²) in [4.78, 5) is 29.8. The van der Waals surface area contributed by atoms with E-state index in [-0.39, 0.29) is 24.9 Å². The lowest BCUT2D eigenvalue weighted by atomic mass is 10.0. The molecule has 1 aliphatic heterocycles. The van der Waals surface area contributed by atoms with Gasteiger partial charge in [-0.3, -0.25) is 9.59 Å². The summed E-state index contributed by atoms with van der Waals surface area (Å²) in [5.41, 5.74) is 2.74. The highest BCUT2D eigenvalue weighted by Gasteiger charge is 2.23. The topological polar surface area (TPSA) is 84.2 Å². The molecular weight excluding hydrogens is 368 g/mol. The zero-order valence-corrected chi connectivity index (χ0v) is 16.2. The van der Waals surface area contributed by atoms with Crippen molar-refractivity contribution in [3.05, 3.63) is 71.5 Å². The number of tetrazole rings is 1. The maximum atomic E-state index is 12.8.